The van der Waals surface area contributed by atoms with E-state index in [1.54, 1.807) is 17.1 Å². The number of benzene rings is 2. The number of halogens is 1. The van der Waals surface area contributed by atoms with E-state index in [9.17, 15) is 4.79 Å². The Kier molecular flexibility index (Phi) is 4.50. The van der Waals surface area contributed by atoms with E-state index in [1.165, 1.54) is 6.20 Å². The summed E-state index contributed by atoms with van der Waals surface area (Å²) in [6.45, 7) is 1.90. The zero-order valence-corrected chi connectivity index (χ0v) is 18.8. The lowest BCUT2D eigenvalue weighted by Gasteiger charge is -2.05. The Balaban J connectivity index is 1.36. The Morgan fingerprint density at radius 3 is 2.76 bits per heavy atom. The van der Waals surface area contributed by atoms with Gasteiger partial charge in [-0.25, -0.2) is 9.67 Å². The molecule has 0 aliphatic carbocycles. The number of nitrogens with one attached hydrogen (secondary N) is 2. The highest BCUT2D eigenvalue weighted by Crippen LogP contribution is 2.30. The van der Waals surface area contributed by atoms with Crippen LogP contribution in [-0.4, -0.2) is 35.5 Å². The molecule has 0 saturated carbocycles. The van der Waals surface area contributed by atoms with Gasteiger partial charge in [-0.05, 0) is 48.9 Å². The first kappa shape index (κ1) is 20.2. The normalized spacial score (nSPS) is 11.5. The van der Waals surface area contributed by atoms with Crippen LogP contribution in [0, 0.1) is 6.92 Å². The number of ketones is 1. The van der Waals surface area contributed by atoms with Crippen LogP contribution in [0.5, 0.6) is 0 Å². The SMILES string of the molecule is Cc1nc2ccc(-n3ncc(C(=O)c4cc5ccc(-c6ccncc6Cl)cc5[nH]4)c3N)cc2[nH]1. The molecule has 0 unspecified atom stereocenters. The van der Waals surface area contributed by atoms with Crippen molar-refractivity contribution in [1.29, 1.82) is 0 Å². The highest BCUT2D eigenvalue weighted by atomic mass is 35.5. The van der Waals surface area contributed by atoms with Crippen LogP contribution in [0.15, 0.2) is 67.1 Å². The van der Waals surface area contributed by atoms with Crippen molar-refractivity contribution in [2.75, 3.05) is 5.73 Å². The predicted octanol–water partition coefficient (Wildman–Crippen LogP) is 5.07. The average Bonchev–Trinajstić information content (AvgIpc) is 3.53. The number of nitrogen functional groups attached to an aromatic ring is 1. The second-order valence-electron chi connectivity index (χ2n) is 8.05. The van der Waals surface area contributed by atoms with Crippen molar-refractivity contribution in [3.63, 3.8) is 0 Å². The van der Waals surface area contributed by atoms with Crippen LogP contribution in [0.25, 0.3) is 38.8 Å². The number of fused-ring (bicyclic) bond motifs is 2. The van der Waals surface area contributed by atoms with Gasteiger partial charge in [0.2, 0.25) is 5.78 Å². The highest BCUT2D eigenvalue weighted by molar-refractivity contribution is 6.33. The maximum absolute atomic E-state index is 13.3. The molecule has 166 valence electrons. The number of aromatic amines is 2. The van der Waals surface area contributed by atoms with Gasteiger partial charge in [-0.15, -0.1) is 0 Å². The first-order valence-electron chi connectivity index (χ1n) is 10.6. The number of anilines is 1. The number of pyridine rings is 1. The van der Waals surface area contributed by atoms with Gasteiger partial charge in [0.25, 0.3) is 0 Å². The van der Waals surface area contributed by atoms with Crippen molar-refractivity contribution in [3.05, 3.63) is 89.2 Å². The molecule has 4 aromatic heterocycles. The standard InChI is InChI=1S/C25H18ClN7O/c1-13-30-20-5-4-16(10-22(20)31-13)33-25(27)18(11-29-33)24(34)23-9-15-3-2-14(8-21(15)32-23)17-6-7-28-12-19(17)26/h2-12,32H,27H2,1H3,(H,30,31). The Labute approximate surface area is 198 Å². The summed E-state index contributed by atoms with van der Waals surface area (Å²) in [5, 5.41) is 5.83. The summed E-state index contributed by atoms with van der Waals surface area (Å²) in [4.78, 5) is 28.2. The van der Waals surface area contributed by atoms with E-state index >= 15 is 0 Å². The third-order valence-electron chi connectivity index (χ3n) is 5.83. The summed E-state index contributed by atoms with van der Waals surface area (Å²) >= 11 is 6.29. The van der Waals surface area contributed by atoms with E-state index in [1.807, 2.05) is 55.5 Å². The van der Waals surface area contributed by atoms with E-state index in [-0.39, 0.29) is 11.6 Å². The number of imidazole rings is 1. The lowest BCUT2D eigenvalue weighted by molar-refractivity contribution is 0.103. The third kappa shape index (κ3) is 3.23. The van der Waals surface area contributed by atoms with Crippen LogP contribution in [0.1, 0.15) is 21.9 Å². The summed E-state index contributed by atoms with van der Waals surface area (Å²) in [6, 6.07) is 15.2. The minimum absolute atomic E-state index is 0.234. The number of H-pyrrole nitrogens is 2. The number of nitrogens with zero attached hydrogens (tertiary/aromatic N) is 4. The molecule has 6 aromatic rings. The molecule has 0 amide bonds. The summed E-state index contributed by atoms with van der Waals surface area (Å²) in [6.07, 6.45) is 4.80. The minimum atomic E-state index is -0.234. The van der Waals surface area contributed by atoms with E-state index in [0.717, 1.165) is 44.6 Å². The molecule has 6 rings (SSSR count). The number of hydrogen-bond acceptors (Lipinski definition) is 5. The molecule has 0 spiro atoms. The highest BCUT2D eigenvalue weighted by Gasteiger charge is 2.20. The van der Waals surface area contributed by atoms with Crippen molar-refractivity contribution in [2.24, 2.45) is 0 Å². The molecule has 2 aromatic carbocycles. The molecule has 4 heterocycles. The van der Waals surface area contributed by atoms with Crippen molar-refractivity contribution >= 4 is 45.1 Å². The maximum Gasteiger partial charge on any atom is 0.214 e. The fourth-order valence-electron chi connectivity index (χ4n) is 4.17. The Morgan fingerprint density at radius 2 is 1.91 bits per heavy atom. The number of hydrogen-bond donors (Lipinski definition) is 3. The summed E-state index contributed by atoms with van der Waals surface area (Å²) in [5.41, 5.74) is 12.2. The molecule has 0 aliphatic rings. The van der Waals surface area contributed by atoms with Crippen molar-refractivity contribution in [3.8, 4) is 16.8 Å². The molecule has 8 nitrogen and oxygen atoms in total. The number of nitrogens with two attached hydrogens (primary N) is 1. The fraction of sp³-hybridized carbons (Fsp3) is 0.0400. The van der Waals surface area contributed by atoms with Gasteiger partial charge in [-0.3, -0.25) is 9.78 Å². The lowest BCUT2D eigenvalue weighted by atomic mass is 10.1. The van der Waals surface area contributed by atoms with Crippen LogP contribution in [0.2, 0.25) is 5.02 Å². The topological polar surface area (TPSA) is 118 Å². The van der Waals surface area contributed by atoms with Gasteiger partial charge < -0.3 is 15.7 Å². The summed E-state index contributed by atoms with van der Waals surface area (Å²) in [5.74, 6) is 0.857. The van der Waals surface area contributed by atoms with Gasteiger partial charge in [0.15, 0.2) is 0 Å². The van der Waals surface area contributed by atoms with E-state index in [2.05, 4.69) is 25.0 Å². The largest absolute Gasteiger partial charge is 0.383 e. The van der Waals surface area contributed by atoms with Gasteiger partial charge >= 0.3 is 0 Å². The Morgan fingerprint density at radius 1 is 1.03 bits per heavy atom. The van der Waals surface area contributed by atoms with Gasteiger partial charge in [-0.2, -0.15) is 5.10 Å². The third-order valence-corrected chi connectivity index (χ3v) is 6.13. The molecule has 0 saturated heterocycles. The summed E-state index contributed by atoms with van der Waals surface area (Å²) < 4.78 is 1.55. The monoisotopic (exact) mass is 467 g/mol. The van der Waals surface area contributed by atoms with Crippen molar-refractivity contribution < 1.29 is 4.79 Å². The zero-order chi connectivity index (χ0) is 23.4. The number of aryl methyl sites for hydroxylation is 1. The van der Waals surface area contributed by atoms with E-state index in [0.29, 0.717) is 16.3 Å². The molecule has 9 heteroatoms. The minimum Gasteiger partial charge on any atom is -0.383 e. The zero-order valence-electron chi connectivity index (χ0n) is 18.0. The van der Waals surface area contributed by atoms with Crippen molar-refractivity contribution in [2.45, 2.75) is 6.92 Å². The van der Waals surface area contributed by atoms with Crippen LogP contribution < -0.4 is 5.73 Å². The molecule has 34 heavy (non-hydrogen) atoms. The van der Waals surface area contributed by atoms with Crippen molar-refractivity contribution in [1.82, 2.24) is 29.7 Å². The molecule has 0 fully saturated rings. The molecule has 0 atom stereocenters. The smallest absolute Gasteiger partial charge is 0.214 e. The number of carbonyl (C=O) groups is 1. The average molecular weight is 468 g/mol. The predicted molar refractivity (Wildman–Crippen MR) is 132 cm³/mol. The maximum atomic E-state index is 13.3. The Bertz CT molecular complexity index is 1730. The molecular formula is C25H18ClN7O. The first-order valence-corrected chi connectivity index (χ1v) is 10.9. The Hall–Kier alpha value is -4.43. The van der Waals surface area contributed by atoms with Crippen LogP contribution in [0.3, 0.4) is 0 Å². The molecule has 0 radical (unpaired) electrons. The van der Waals surface area contributed by atoms with E-state index in [4.69, 9.17) is 17.3 Å². The molecular weight excluding hydrogens is 450 g/mol. The number of rotatable bonds is 4. The number of aromatic nitrogens is 6. The summed E-state index contributed by atoms with van der Waals surface area (Å²) in [7, 11) is 0. The quantitative estimate of drug-likeness (QED) is 0.313. The fourth-order valence-corrected chi connectivity index (χ4v) is 4.40. The second kappa shape index (κ2) is 7.57. The second-order valence-corrected chi connectivity index (χ2v) is 8.46. The van der Waals surface area contributed by atoms with Gasteiger partial charge in [-0.1, -0.05) is 23.7 Å². The number of carbonyl (C=O) groups excluding carboxylic acids is 1. The van der Waals surface area contributed by atoms with Gasteiger partial charge in [0, 0.05) is 28.9 Å². The molecule has 0 bridgehead atoms. The van der Waals surface area contributed by atoms with Gasteiger partial charge in [0.05, 0.1) is 39.2 Å². The molecule has 0 aliphatic heterocycles. The van der Waals surface area contributed by atoms with Crippen LogP contribution >= 0.6 is 11.6 Å². The van der Waals surface area contributed by atoms with Crippen LogP contribution in [-0.2, 0) is 0 Å². The van der Waals surface area contributed by atoms with Crippen LogP contribution in [0.4, 0.5) is 5.82 Å². The lowest BCUT2D eigenvalue weighted by Crippen LogP contribution is -2.07. The first-order chi connectivity index (χ1) is 16.5. The molecule has 4 N–H and O–H groups in total. The van der Waals surface area contributed by atoms with E-state index < -0.39 is 0 Å². The van der Waals surface area contributed by atoms with Gasteiger partial charge in [0.1, 0.15) is 11.6 Å².